The summed E-state index contributed by atoms with van der Waals surface area (Å²) in [5.41, 5.74) is 2.43. The minimum absolute atomic E-state index is 0.136. The third-order valence-electron chi connectivity index (χ3n) is 2.73. The van der Waals surface area contributed by atoms with Crippen molar-refractivity contribution in [3.05, 3.63) is 52.6 Å². The number of aryl methyl sites for hydroxylation is 1. The molecule has 0 aliphatic carbocycles. The molecular weight excluding hydrogens is 262 g/mol. The van der Waals surface area contributed by atoms with Crippen LogP contribution in [0.1, 0.15) is 35.0 Å². The summed E-state index contributed by atoms with van der Waals surface area (Å²) < 4.78 is 0. The van der Waals surface area contributed by atoms with Crippen molar-refractivity contribution in [2.75, 3.05) is 0 Å². The van der Waals surface area contributed by atoms with Gasteiger partial charge in [-0.1, -0.05) is 24.9 Å². The van der Waals surface area contributed by atoms with Gasteiger partial charge in [-0.2, -0.15) is 0 Å². The van der Waals surface area contributed by atoms with Crippen LogP contribution in [0.15, 0.2) is 30.6 Å². The average Bonchev–Trinajstić information content (AvgIpc) is 2.88. The number of carbonyl (C=O) groups is 1. The number of nitrogens with zero attached hydrogens (tertiary/aromatic N) is 1. The summed E-state index contributed by atoms with van der Waals surface area (Å²) in [6.45, 7) is 2.56. The molecule has 0 aliphatic heterocycles. The number of nitrogens with one attached hydrogen (secondary N) is 2. The van der Waals surface area contributed by atoms with Crippen LogP contribution in [0.25, 0.3) is 0 Å². The van der Waals surface area contributed by atoms with Crippen molar-refractivity contribution < 1.29 is 4.79 Å². The smallest absolute Gasteiger partial charge is 0.251 e. The SMILES string of the molecule is CCCc1cc(C(=O)NCc2cc[nH]c2)cc(Cl)n1. The standard InChI is InChI=1S/C14H16ClN3O/c1-2-3-12-6-11(7-13(15)18-12)14(19)17-9-10-4-5-16-8-10/h4-8,16H,2-3,9H2,1H3,(H,17,19). The lowest BCUT2D eigenvalue weighted by Gasteiger charge is -2.06. The molecule has 0 saturated carbocycles. The molecule has 0 bridgehead atoms. The number of aromatic amines is 1. The Bertz CT molecular complexity index is 552. The molecule has 0 aromatic carbocycles. The quantitative estimate of drug-likeness (QED) is 0.826. The summed E-state index contributed by atoms with van der Waals surface area (Å²) in [6.07, 6.45) is 5.46. The van der Waals surface area contributed by atoms with Crippen LogP contribution in [0.2, 0.25) is 5.15 Å². The molecule has 19 heavy (non-hydrogen) atoms. The molecule has 0 unspecified atom stereocenters. The van der Waals surface area contributed by atoms with Crippen LogP contribution in [0.5, 0.6) is 0 Å². The summed E-state index contributed by atoms with van der Waals surface area (Å²) >= 11 is 5.93. The van der Waals surface area contributed by atoms with Crippen molar-refractivity contribution in [1.82, 2.24) is 15.3 Å². The van der Waals surface area contributed by atoms with Crippen LogP contribution >= 0.6 is 11.6 Å². The second kappa shape index (κ2) is 6.38. The zero-order valence-corrected chi connectivity index (χ0v) is 11.5. The summed E-state index contributed by atoms with van der Waals surface area (Å²) in [4.78, 5) is 19.2. The highest BCUT2D eigenvalue weighted by Crippen LogP contribution is 2.12. The maximum Gasteiger partial charge on any atom is 0.251 e. The van der Waals surface area contributed by atoms with Crippen molar-refractivity contribution in [3.63, 3.8) is 0 Å². The van der Waals surface area contributed by atoms with E-state index >= 15 is 0 Å². The minimum atomic E-state index is -0.136. The topological polar surface area (TPSA) is 57.8 Å². The monoisotopic (exact) mass is 277 g/mol. The molecule has 4 nitrogen and oxygen atoms in total. The first-order valence-corrected chi connectivity index (χ1v) is 6.63. The Morgan fingerprint density at radius 1 is 1.47 bits per heavy atom. The highest BCUT2D eigenvalue weighted by atomic mass is 35.5. The van der Waals surface area contributed by atoms with Gasteiger partial charge < -0.3 is 10.3 Å². The maximum atomic E-state index is 12.0. The number of hydrogen-bond donors (Lipinski definition) is 2. The normalized spacial score (nSPS) is 10.4. The fraction of sp³-hybridized carbons (Fsp3) is 0.286. The number of carbonyl (C=O) groups excluding carboxylic acids is 1. The molecule has 2 aromatic rings. The predicted octanol–water partition coefficient (Wildman–Crippen LogP) is 2.95. The van der Waals surface area contributed by atoms with E-state index in [0.29, 0.717) is 17.3 Å². The molecule has 5 heteroatoms. The lowest BCUT2D eigenvalue weighted by Crippen LogP contribution is -2.22. The third-order valence-corrected chi connectivity index (χ3v) is 2.92. The first kappa shape index (κ1) is 13.6. The molecule has 100 valence electrons. The molecule has 1 amide bonds. The molecule has 2 N–H and O–H groups in total. The van der Waals surface area contributed by atoms with E-state index in [1.165, 1.54) is 0 Å². The first-order chi connectivity index (χ1) is 9.19. The fourth-order valence-electron chi connectivity index (χ4n) is 1.82. The van der Waals surface area contributed by atoms with Crippen LogP contribution in [0.3, 0.4) is 0 Å². The van der Waals surface area contributed by atoms with E-state index < -0.39 is 0 Å². The second-order valence-electron chi connectivity index (χ2n) is 4.32. The first-order valence-electron chi connectivity index (χ1n) is 6.25. The van der Waals surface area contributed by atoms with E-state index in [1.807, 2.05) is 18.5 Å². The minimum Gasteiger partial charge on any atom is -0.367 e. The van der Waals surface area contributed by atoms with Gasteiger partial charge in [0.05, 0.1) is 0 Å². The Morgan fingerprint density at radius 3 is 3.00 bits per heavy atom. The average molecular weight is 278 g/mol. The number of amides is 1. The second-order valence-corrected chi connectivity index (χ2v) is 4.71. The highest BCUT2D eigenvalue weighted by Gasteiger charge is 2.09. The lowest BCUT2D eigenvalue weighted by molar-refractivity contribution is 0.0950. The van der Waals surface area contributed by atoms with E-state index in [9.17, 15) is 4.79 Å². The van der Waals surface area contributed by atoms with Gasteiger partial charge in [0.1, 0.15) is 5.15 Å². The number of halogens is 1. The van der Waals surface area contributed by atoms with E-state index in [2.05, 4.69) is 22.2 Å². The number of hydrogen-bond acceptors (Lipinski definition) is 2. The van der Waals surface area contributed by atoms with Crippen molar-refractivity contribution in [3.8, 4) is 0 Å². The van der Waals surface area contributed by atoms with E-state index in [1.54, 1.807) is 12.1 Å². The van der Waals surface area contributed by atoms with Gasteiger partial charge in [0.15, 0.2) is 0 Å². The van der Waals surface area contributed by atoms with Crippen molar-refractivity contribution >= 4 is 17.5 Å². The number of pyridine rings is 1. The van der Waals surface area contributed by atoms with Crippen LogP contribution in [-0.2, 0) is 13.0 Å². The van der Waals surface area contributed by atoms with E-state index in [0.717, 1.165) is 24.1 Å². The molecule has 2 aromatic heterocycles. The predicted molar refractivity (Wildman–Crippen MR) is 75.2 cm³/mol. The van der Waals surface area contributed by atoms with Crippen molar-refractivity contribution in [1.29, 1.82) is 0 Å². The van der Waals surface area contributed by atoms with Gasteiger partial charge in [0.25, 0.3) is 5.91 Å². The van der Waals surface area contributed by atoms with Gasteiger partial charge in [0, 0.05) is 30.2 Å². The lowest BCUT2D eigenvalue weighted by atomic mass is 10.1. The van der Waals surface area contributed by atoms with Crippen LogP contribution < -0.4 is 5.32 Å². The third kappa shape index (κ3) is 3.83. The Balaban J connectivity index is 2.05. The molecule has 0 fully saturated rings. The van der Waals surface area contributed by atoms with Crippen LogP contribution in [0, 0.1) is 0 Å². The number of H-pyrrole nitrogens is 1. The van der Waals surface area contributed by atoms with Crippen molar-refractivity contribution in [2.24, 2.45) is 0 Å². The van der Waals surface area contributed by atoms with Gasteiger partial charge in [-0.3, -0.25) is 4.79 Å². The van der Waals surface area contributed by atoms with E-state index in [-0.39, 0.29) is 5.91 Å². The van der Waals surface area contributed by atoms with Crippen LogP contribution in [-0.4, -0.2) is 15.9 Å². The zero-order valence-electron chi connectivity index (χ0n) is 10.7. The van der Waals surface area contributed by atoms with Crippen molar-refractivity contribution in [2.45, 2.75) is 26.3 Å². The largest absolute Gasteiger partial charge is 0.367 e. The van der Waals surface area contributed by atoms with E-state index in [4.69, 9.17) is 11.6 Å². The maximum absolute atomic E-state index is 12.0. The molecule has 0 spiro atoms. The number of rotatable bonds is 5. The van der Waals surface area contributed by atoms with Gasteiger partial charge in [-0.05, 0) is 30.2 Å². The Kier molecular flexibility index (Phi) is 4.58. The number of aromatic nitrogens is 2. The van der Waals surface area contributed by atoms with Crippen LogP contribution in [0.4, 0.5) is 0 Å². The fourth-order valence-corrected chi connectivity index (χ4v) is 2.05. The molecule has 0 atom stereocenters. The van der Waals surface area contributed by atoms with Gasteiger partial charge in [-0.15, -0.1) is 0 Å². The Labute approximate surface area is 117 Å². The van der Waals surface area contributed by atoms with Gasteiger partial charge >= 0.3 is 0 Å². The molecule has 2 rings (SSSR count). The molecule has 0 radical (unpaired) electrons. The highest BCUT2D eigenvalue weighted by molar-refractivity contribution is 6.29. The summed E-state index contributed by atoms with van der Waals surface area (Å²) in [6, 6.07) is 5.30. The summed E-state index contributed by atoms with van der Waals surface area (Å²) in [7, 11) is 0. The summed E-state index contributed by atoms with van der Waals surface area (Å²) in [5, 5.41) is 3.21. The molecule has 2 heterocycles. The Morgan fingerprint density at radius 2 is 2.32 bits per heavy atom. The van der Waals surface area contributed by atoms with Gasteiger partial charge in [0.2, 0.25) is 0 Å². The molecular formula is C14H16ClN3O. The molecule has 0 saturated heterocycles. The molecule has 0 aliphatic rings. The van der Waals surface area contributed by atoms with Gasteiger partial charge in [-0.25, -0.2) is 4.98 Å². The zero-order chi connectivity index (χ0) is 13.7. The Hall–Kier alpha value is -1.81. The summed E-state index contributed by atoms with van der Waals surface area (Å²) in [5.74, 6) is -0.136.